The summed E-state index contributed by atoms with van der Waals surface area (Å²) >= 11 is 6.16. The van der Waals surface area contributed by atoms with Gasteiger partial charge in [0.15, 0.2) is 0 Å². The molecule has 0 bridgehead atoms. The molecule has 152 valence electrons. The normalized spacial score (nSPS) is 19.3. The van der Waals surface area contributed by atoms with Crippen molar-refractivity contribution in [3.8, 4) is 11.1 Å². The van der Waals surface area contributed by atoms with Gasteiger partial charge >= 0.3 is 0 Å². The molecule has 4 rings (SSSR count). The Balaban J connectivity index is 2.01. The van der Waals surface area contributed by atoms with Crippen molar-refractivity contribution in [1.82, 2.24) is 4.98 Å². The van der Waals surface area contributed by atoms with Gasteiger partial charge in [-0.3, -0.25) is 0 Å². The molecule has 3 N–H and O–H groups in total. The molecule has 0 fully saturated rings. The van der Waals surface area contributed by atoms with Gasteiger partial charge in [-0.2, -0.15) is 0 Å². The Morgan fingerprint density at radius 2 is 2.03 bits per heavy atom. The summed E-state index contributed by atoms with van der Waals surface area (Å²) in [5.74, 6) is -1.58. The molecule has 1 unspecified atom stereocenters. The molecule has 2 aromatic carbocycles. The number of halogens is 3. The second-order valence-corrected chi connectivity index (χ2v) is 7.89. The molecular weight excluding hydrogens is 400 g/mol. The zero-order valence-electron chi connectivity index (χ0n) is 16.1. The quantitative estimate of drug-likeness (QED) is 0.519. The predicted octanol–water partition coefficient (Wildman–Crippen LogP) is 5.07. The number of benzene rings is 2. The number of aliphatic hydroxyl groups is 1. The van der Waals surface area contributed by atoms with Crippen LogP contribution in [0.5, 0.6) is 0 Å². The summed E-state index contributed by atoms with van der Waals surface area (Å²) in [5.41, 5.74) is -0.0844. The van der Waals surface area contributed by atoms with E-state index in [1.165, 1.54) is 6.07 Å². The fourth-order valence-corrected chi connectivity index (χ4v) is 3.88. The molecule has 0 radical (unpaired) electrons. The number of aliphatic hydroxyl groups excluding tert-OH is 1. The maximum atomic E-state index is 15.8. The van der Waals surface area contributed by atoms with E-state index in [2.05, 4.69) is 15.5 Å². The first kappa shape index (κ1) is 19.7. The average molecular weight is 420 g/mol. The van der Waals surface area contributed by atoms with Crippen molar-refractivity contribution < 1.29 is 18.7 Å². The number of rotatable bonds is 3. The van der Waals surface area contributed by atoms with Crippen molar-refractivity contribution in [1.29, 1.82) is 0 Å². The molecular formula is C21H20ClF2N3O2. The van der Waals surface area contributed by atoms with E-state index in [4.69, 9.17) is 16.4 Å². The maximum Gasteiger partial charge on any atom is 0.145 e. The number of hydrogen-bond acceptors (Lipinski definition) is 4. The molecule has 5 nitrogen and oxygen atoms in total. The number of nitrogens with one attached hydrogen (secondary N) is 2. The number of aromatic nitrogens is 1. The lowest BCUT2D eigenvalue weighted by Crippen LogP contribution is -2.52. The lowest BCUT2D eigenvalue weighted by atomic mass is 9.83. The molecule has 3 aromatic rings. The van der Waals surface area contributed by atoms with E-state index < -0.39 is 23.3 Å². The Morgan fingerprint density at radius 1 is 1.28 bits per heavy atom. The molecule has 1 aromatic heterocycles. The van der Waals surface area contributed by atoms with Crippen LogP contribution in [0.4, 0.5) is 14.5 Å². The number of aromatic amines is 1. The van der Waals surface area contributed by atoms with Crippen LogP contribution in [0.25, 0.3) is 22.0 Å². The minimum Gasteiger partial charge on any atom is -0.396 e. The fourth-order valence-electron chi connectivity index (χ4n) is 3.67. The molecule has 0 saturated carbocycles. The molecule has 1 aliphatic rings. The molecule has 0 amide bonds. The summed E-state index contributed by atoms with van der Waals surface area (Å²) in [5, 5.41) is 18.8. The Hall–Kier alpha value is -2.64. The van der Waals surface area contributed by atoms with E-state index in [0.717, 1.165) is 0 Å². The third-order valence-corrected chi connectivity index (χ3v) is 5.41. The van der Waals surface area contributed by atoms with Gasteiger partial charge in [-0.05, 0) is 26.8 Å². The number of H-pyrrole nitrogens is 1. The lowest BCUT2D eigenvalue weighted by molar-refractivity contribution is 0.137. The molecule has 29 heavy (non-hydrogen) atoms. The second kappa shape index (κ2) is 7.00. The third-order valence-electron chi connectivity index (χ3n) is 5.10. The van der Waals surface area contributed by atoms with Gasteiger partial charge in [-0.1, -0.05) is 35.0 Å². The van der Waals surface area contributed by atoms with E-state index in [1.54, 1.807) is 45.2 Å². The zero-order chi connectivity index (χ0) is 20.9. The highest BCUT2D eigenvalue weighted by Crippen LogP contribution is 2.41. The van der Waals surface area contributed by atoms with Crippen LogP contribution in [-0.2, 0) is 4.84 Å². The largest absolute Gasteiger partial charge is 0.396 e. The van der Waals surface area contributed by atoms with Gasteiger partial charge in [0.25, 0.3) is 0 Å². The number of fused-ring (bicyclic) bond motifs is 2. The Morgan fingerprint density at radius 3 is 2.76 bits per heavy atom. The van der Waals surface area contributed by atoms with Crippen molar-refractivity contribution in [3.05, 3.63) is 52.7 Å². The van der Waals surface area contributed by atoms with E-state index in [1.807, 2.05) is 0 Å². The van der Waals surface area contributed by atoms with Crippen LogP contribution >= 0.6 is 11.6 Å². The van der Waals surface area contributed by atoms with Gasteiger partial charge in [0.2, 0.25) is 0 Å². The number of oxime groups is 1. The average Bonchev–Trinajstić information content (AvgIpc) is 3.04. The number of para-hydroxylation sites is 1. The molecule has 0 aliphatic carbocycles. The Kier molecular flexibility index (Phi) is 4.75. The topological polar surface area (TPSA) is 69.6 Å². The SMILES string of the molecule is CCO/N=C1\c2c(cc(F)c(-c3cccc4c(Cl)c[nH]c34)c2F)NC(C)(C)C1O. The van der Waals surface area contributed by atoms with Crippen LogP contribution in [-0.4, -0.2) is 34.1 Å². The first-order valence-electron chi connectivity index (χ1n) is 9.20. The summed E-state index contributed by atoms with van der Waals surface area (Å²) in [7, 11) is 0. The van der Waals surface area contributed by atoms with Crippen molar-refractivity contribution in [2.45, 2.75) is 32.4 Å². The van der Waals surface area contributed by atoms with Crippen LogP contribution < -0.4 is 5.32 Å². The van der Waals surface area contributed by atoms with Crippen LogP contribution in [0.2, 0.25) is 5.02 Å². The maximum absolute atomic E-state index is 15.8. The van der Waals surface area contributed by atoms with E-state index in [-0.39, 0.29) is 29.1 Å². The summed E-state index contributed by atoms with van der Waals surface area (Å²) in [4.78, 5) is 8.09. The first-order valence-corrected chi connectivity index (χ1v) is 9.58. The second-order valence-electron chi connectivity index (χ2n) is 7.48. The number of anilines is 1. The molecule has 0 saturated heterocycles. The van der Waals surface area contributed by atoms with Crippen LogP contribution in [0.15, 0.2) is 35.6 Å². The monoisotopic (exact) mass is 419 g/mol. The summed E-state index contributed by atoms with van der Waals surface area (Å²) in [6, 6.07) is 6.27. The highest BCUT2D eigenvalue weighted by molar-refractivity contribution is 6.36. The van der Waals surface area contributed by atoms with Crippen molar-refractivity contribution in [2.24, 2.45) is 5.16 Å². The first-order chi connectivity index (χ1) is 13.8. The minimum atomic E-state index is -1.16. The molecule has 2 heterocycles. The van der Waals surface area contributed by atoms with Gasteiger partial charge in [-0.15, -0.1) is 0 Å². The van der Waals surface area contributed by atoms with Gasteiger partial charge in [0, 0.05) is 22.8 Å². The van der Waals surface area contributed by atoms with E-state index >= 15 is 8.78 Å². The van der Waals surface area contributed by atoms with Crippen LogP contribution in [0, 0.1) is 11.6 Å². The molecule has 1 atom stereocenters. The van der Waals surface area contributed by atoms with Gasteiger partial charge in [0.1, 0.15) is 30.1 Å². The number of hydrogen-bond donors (Lipinski definition) is 3. The van der Waals surface area contributed by atoms with Crippen LogP contribution in [0.1, 0.15) is 26.3 Å². The van der Waals surface area contributed by atoms with Crippen molar-refractivity contribution in [2.75, 3.05) is 11.9 Å². The Bertz CT molecular complexity index is 1140. The third kappa shape index (κ3) is 3.05. The summed E-state index contributed by atoms with van der Waals surface area (Å²) < 4.78 is 30.9. The van der Waals surface area contributed by atoms with Gasteiger partial charge in [-0.25, -0.2) is 8.78 Å². The Labute approximate surface area is 171 Å². The van der Waals surface area contributed by atoms with E-state index in [0.29, 0.717) is 21.5 Å². The smallest absolute Gasteiger partial charge is 0.145 e. The summed E-state index contributed by atoms with van der Waals surface area (Å²) in [6.07, 6.45) is 0.407. The molecule has 8 heteroatoms. The fraction of sp³-hybridized carbons (Fsp3) is 0.286. The van der Waals surface area contributed by atoms with Gasteiger partial charge < -0.3 is 20.2 Å². The van der Waals surface area contributed by atoms with Gasteiger partial charge in [0.05, 0.1) is 27.2 Å². The summed E-state index contributed by atoms with van der Waals surface area (Å²) in [6.45, 7) is 5.40. The highest BCUT2D eigenvalue weighted by atomic mass is 35.5. The van der Waals surface area contributed by atoms with E-state index in [9.17, 15) is 5.11 Å². The zero-order valence-corrected chi connectivity index (χ0v) is 16.9. The lowest BCUT2D eigenvalue weighted by Gasteiger charge is -2.39. The standard InChI is InChI=1S/C21H20ClF2N3O2/c1-4-29-27-19-16-14(26-21(2,3)20(19)28)8-13(23)15(17(16)24)11-7-5-6-10-12(22)9-25-18(10)11/h5-9,20,25-26,28H,4H2,1-3H3/b27-19+. The number of nitrogens with zero attached hydrogens (tertiary/aromatic N) is 1. The minimum absolute atomic E-state index is 0.0149. The van der Waals surface area contributed by atoms with Crippen LogP contribution in [0.3, 0.4) is 0 Å². The molecule has 0 spiro atoms. The predicted molar refractivity (Wildman–Crippen MR) is 111 cm³/mol. The molecule has 1 aliphatic heterocycles. The van der Waals surface area contributed by atoms with Crippen molar-refractivity contribution in [3.63, 3.8) is 0 Å². The van der Waals surface area contributed by atoms with Crippen molar-refractivity contribution >= 4 is 33.9 Å². The highest BCUT2D eigenvalue weighted by Gasteiger charge is 2.42.